The Bertz CT molecular complexity index is 469. The summed E-state index contributed by atoms with van der Waals surface area (Å²) < 4.78 is 0. The molecule has 0 saturated carbocycles. The molecule has 2 N–H and O–H groups in total. The lowest BCUT2D eigenvalue weighted by molar-refractivity contribution is 0.815. The van der Waals surface area contributed by atoms with Gasteiger partial charge in [0.1, 0.15) is 5.15 Å². The molecule has 1 aromatic carbocycles. The largest absolute Gasteiger partial charge is 0.324 e. The van der Waals surface area contributed by atoms with Crippen molar-refractivity contribution in [3.63, 3.8) is 0 Å². The van der Waals surface area contributed by atoms with Crippen LogP contribution in [-0.4, -0.2) is 4.98 Å². The SMILES string of the molecule is C[C@@H](N)c1cc2ccccc2nc1Cl.Cl. The number of para-hydroxylation sites is 1. The predicted octanol–water partition coefficient (Wildman–Crippen LogP) is 3.33. The number of pyridine rings is 1. The van der Waals surface area contributed by atoms with Gasteiger partial charge in [-0.25, -0.2) is 4.98 Å². The van der Waals surface area contributed by atoms with Gasteiger partial charge in [-0.05, 0) is 19.1 Å². The molecule has 0 amide bonds. The zero-order valence-electron chi connectivity index (χ0n) is 8.27. The molecule has 80 valence electrons. The second kappa shape index (κ2) is 4.79. The van der Waals surface area contributed by atoms with Crippen molar-refractivity contribution in [2.24, 2.45) is 5.73 Å². The summed E-state index contributed by atoms with van der Waals surface area (Å²) in [5.41, 5.74) is 7.58. The third-order valence-electron chi connectivity index (χ3n) is 2.20. The molecule has 0 aliphatic carbocycles. The van der Waals surface area contributed by atoms with Gasteiger partial charge >= 0.3 is 0 Å². The van der Waals surface area contributed by atoms with E-state index in [1.165, 1.54) is 0 Å². The third-order valence-corrected chi connectivity index (χ3v) is 2.50. The third kappa shape index (κ3) is 2.40. The van der Waals surface area contributed by atoms with Gasteiger partial charge in [0.2, 0.25) is 0 Å². The van der Waals surface area contributed by atoms with E-state index in [0.717, 1.165) is 16.5 Å². The van der Waals surface area contributed by atoms with Crippen molar-refractivity contribution in [2.75, 3.05) is 0 Å². The smallest absolute Gasteiger partial charge is 0.134 e. The summed E-state index contributed by atoms with van der Waals surface area (Å²) in [5, 5.41) is 1.57. The molecule has 2 rings (SSSR count). The fraction of sp³-hybridized carbons (Fsp3) is 0.182. The predicted molar refractivity (Wildman–Crippen MR) is 66.6 cm³/mol. The van der Waals surface area contributed by atoms with Gasteiger partial charge in [0.05, 0.1) is 5.52 Å². The maximum Gasteiger partial charge on any atom is 0.134 e. The quantitative estimate of drug-likeness (QED) is 0.780. The van der Waals surface area contributed by atoms with Crippen molar-refractivity contribution in [3.05, 3.63) is 41.0 Å². The fourth-order valence-electron chi connectivity index (χ4n) is 1.43. The Morgan fingerprint density at radius 2 is 2.00 bits per heavy atom. The fourth-order valence-corrected chi connectivity index (χ4v) is 1.75. The van der Waals surface area contributed by atoms with Crippen molar-refractivity contribution in [1.29, 1.82) is 0 Å². The molecule has 2 aromatic rings. The highest BCUT2D eigenvalue weighted by atomic mass is 35.5. The van der Waals surface area contributed by atoms with Crippen LogP contribution < -0.4 is 5.73 Å². The number of benzene rings is 1. The average Bonchev–Trinajstić information content (AvgIpc) is 2.16. The van der Waals surface area contributed by atoms with Gasteiger partial charge in [0.25, 0.3) is 0 Å². The highest BCUT2D eigenvalue weighted by molar-refractivity contribution is 6.30. The summed E-state index contributed by atoms with van der Waals surface area (Å²) in [7, 11) is 0. The lowest BCUT2D eigenvalue weighted by atomic mass is 10.1. The monoisotopic (exact) mass is 242 g/mol. The maximum absolute atomic E-state index is 6.01. The molecule has 1 aromatic heterocycles. The first-order chi connectivity index (χ1) is 6.68. The lowest BCUT2D eigenvalue weighted by Crippen LogP contribution is -2.06. The van der Waals surface area contributed by atoms with E-state index in [1.54, 1.807) is 0 Å². The molecule has 0 radical (unpaired) electrons. The van der Waals surface area contributed by atoms with Crippen LogP contribution >= 0.6 is 24.0 Å². The van der Waals surface area contributed by atoms with E-state index >= 15 is 0 Å². The van der Waals surface area contributed by atoms with Crippen molar-refractivity contribution in [3.8, 4) is 0 Å². The Morgan fingerprint density at radius 1 is 1.33 bits per heavy atom. The Hall–Kier alpha value is -0.830. The van der Waals surface area contributed by atoms with Gasteiger partial charge in [-0.1, -0.05) is 29.8 Å². The first kappa shape index (κ1) is 12.2. The molecule has 4 heteroatoms. The average molecular weight is 243 g/mol. The Morgan fingerprint density at radius 3 is 2.67 bits per heavy atom. The van der Waals surface area contributed by atoms with Gasteiger partial charge < -0.3 is 5.73 Å². The van der Waals surface area contributed by atoms with Gasteiger partial charge in [0, 0.05) is 17.0 Å². The molecule has 15 heavy (non-hydrogen) atoms. The Labute approximate surface area is 99.9 Å². The zero-order chi connectivity index (χ0) is 10.1. The molecule has 2 nitrogen and oxygen atoms in total. The summed E-state index contributed by atoms with van der Waals surface area (Å²) in [6.45, 7) is 1.90. The van der Waals surface area contributed by atoms with E-state index in [2.05, 4.69) is 4.98 Å². The molecular formula is C11H12Cl2N2. The number of rotatable bonds is 1. The molecule has 0 aliphatic heterocycles. The summed E-state index contributed by atoms with van der Waals surface area (Å²) in [6, 6.07) is 9.77. The van der Waals surface area contributed by atoms with Crippen LogP contribution in [0.15, 0.2) is 30.3 Å². The molecule has 0 bridgehead atoms. The van der Waals surface area contributed by atoms with E-state index in [4.69, 9.17) is 17.3 Å². The van der Waals surface area contributed by atoms with Gasteiger partial charge in [-0.15, -0.1) is 12.4 Å². The number of hydrogen-bond donors (Lipinski definition) is 1. The lowest BCUT2D eigenvalue weighted by Gasteiger charge is -2.08. The van der Waals surface area contributed by atoms with Crippen molar-refractivity contribution < 1.29 is 0 Å². The van der Waals surface area contributed by atoms with E-state index < -0.39 is 0 Å². The number of nitrogens with zero attached hydrogens (tertiary/aromatic N) is 1. The molecule has 0 aliphatic rings. The molecule has 0 saturated heterocycles. The summed E-state index contributed by atoms with van der Waals surface area (Å²) in [6.07, 6.45) is 0. The number of aromatic nitrogens is 1. The van der Waals surface area contributed by atoms with Crippen molar-refractivity contribution in [1.82, 2.24) is 4.98 Å². The van der Waals surface area contributed by atoms with Crippen LogP contribution in [0, 0.1) is 0 Å². The van der Waals surface area contributed by atoms with E-state index in [1.807, 2.05) is 37.3 Å². The van der Waals surface area contributed by atoms with Crippen LogP contribution in [0.4, 0.5) is 0 Å². The number of nitrogens with two attached hydrogens (primary N) is 1. The van der Waals surface area contributed by atoms with E-state index in [9.17, 15) is 0 Å². The van der Waals surface area contributed by atoms with Gasteiger partial charge in [0.15, 0.2) is 0 Å². The Kier molecular flexibility index (Phi) is 3.91. The first-order valence-corrected chi connectivity index (χ1v) is 4.87. The van der Waals surface area contributed by atoms with Crippen LogP contribution in [0.1, 0.15) is 18.5 Å². The van der Waals surface area contributed by atoms with Crippen LogP contribution in [-0.2, 0) is 0 Å². The topological polar surface area (TPSA) is 38.9 Å². The first-order valence-electron chi connectivity index (χ1n) is 4.49. The van der Waals surface area contributed by atoms with Crippen molar-refractivity contribution in [2.45, 2.75) is 13.0 Å². The van der Waals surface area contributed by atoms with Crippen LogP contribution in [0.3, 0.4) is 0 Å². The normalized spacial score (nSPS) is 12.2. The van der Waals surface area contributed by atoms with Gasteiger partial charge in [-0.3, -0.25) is 0 Å². The minimum atomic E-state index is -0.0837. The summed E-state index contributed by atoms with van der Waals surface area (Å²) in [5.74, 6) is 0. The maximum atomic E-state index is 6.01. The number of halogens is 2. The standard InChI is InChI=1S/C11H11ClN2.ClH/c1-7(13)9-6-8-4-2-3-5-10(8)14-11(9)12;/h2-7H,13H2,1H3;1H/t7-;/m1./s1. The van der Waals surface area contributed by atoms with Crippen molar-refractivity contribution >= 4 is 34.9 Å². The number of fused-ring (bicyclic) bond motifs is 1. The van der Waals surface area contributed by atoms with Gasteiger partial charge in [-0.2, -0.15) is 0 Å². The second-order valence-corrected chi connectivity index (χ2v) is 3.71. The van der Waals surface area contributed by atoms with E-state index in [-0.39, 0.29) is 18.4 Å². The molecule has 0 fully saturated rings. The summed E-state index contributed by atoms with van der Waals surface area (Å²) in [4.78, 5) is 4.28. The molecule has 1 heterocycles. The molecular weight excluding hydrogens is 231 g/mol. The van der Waals surface area contributed by atoms with Crippen LogP contribution in [0.25, 0.3) is 10.9 Å². The Balaban J connectivity index is 0.00000112. The minimum absolute atomic E-state index is 0. The highest BCUT2D eigenvalue weighted by Crippen LogP contribution is 2.23. The highest BCUT2D eigenvalue weighted by Gasteiger charge is 2.07. The van der Waals surface area contributed by atoms with E-state index in [0.29, 0.717) is 5.15 Å². The summed E-state index contributed by atoms with van der Waals surface area (Å²) >= 11 is 6.01. The zero-order valence-corrected chi connectivity index (χ0v) is 9.85. The van der Waals surface area contributed by atoms with Crippen LogP contribution in [0.2, 0.25) is 5.15 Å². The van der Waals surface area contributed by atoms with Crippen LogP contribution in [0.5, 0.6) is 0 Å². The number of hydrogen-bond acceptors (Lipinski definition) is 2. The molecule has 0 spiro atoms. The second-order valence-electron chi connectivity index (χ2n) is 3.35. The molecule has 0 unspecified atom stereocenters. The minimum Gasteiger partial charge on any atom is -0.324 e. The molecule has 1 atom stereocenters.